The molecule has 0 bridgehead atoms. The van der Waals surface area contributed by atoms with Gasteiger partial charge in [-0.15, -0.1) is 0 Å². The Labute approximate surface area is 95.4 Å². The highest BCUT2D eigenvalue weighted by atomic mass is 32.1. The number of nitrogens with one attached hydrogen (secondary N) is 1. The van der Waals surface area contributed by atoms with E-state index in [4.69, 9.17) is 5.73 Å². The number of nitrogens with two attached hydrogens (primary N) is 1. The summed E-state index contributed by atoms with van der Waals surface area (Å²) in [4.78, 5) is 0. The lowest BCUT2D eigenvalue weighted by Gasteiger charge is -2.04. The molecule has 4 heteroatoms. The second kappa shape index (κ2) is 6.14. The molecule has 0 aliphatic heterocycles. The molecular weight excluding hydrogens is 206 g/mol. The second-order valence-electron chi connectivity index (χ2n) is 3.17. The molecule has 0 saturated carbocycles. The molecule has 3 nitrogen and oxygen atoms in total. The van der Waals surface area contributed by atoms with Crippen molar-refractivity contribution < 1.29 is 0 Å². The third kappa shape index (κ3) is 4.56. The van der Waals surface area contributed by atoms with Gasteiger partial charge in [-0.2, -0.15) is 5.10 Å². The van der Waals surface area contributed by atoms with Crippen LogP contribution in [0.1, 0.15) is 18.9 Å². The van der Waals surface area contributed by atoms with Crippen molar-refractivity contribution in [3.8, 4) is 0 Å². The van der Waals surface area contributed by atoms with E-state index in [9.17, 15) is 0 Å². The molecule has 80 valence electrons. The summed E-state index contributed by atoms with van der Waals surface area (Å²) in [6.07, 6.45) is 1.71. The molecule has 0 aliphatic rings. The Kier molecular flexibility index (Phi) is 4.77. The zero-order valence-corrected chi connectivity index (χ0v) is 9.55. The standard InChI is InChI=1S/C11H15N3S/c1-2-10(13-14-11(12)15)8-9-6-4-3-5-7-9/h3-7H,2,8H2,1H3,(H3,12,14,15)/b13-10-. The molecule has 0 atom stereocenters. The highest BCUT2D eigenvalue weighted by Crippen LogP contribution is 2.02. The van der Waals surface area contributed by atoms with Crippen LogP contribution in [0.4, 0.5) is 0 Å². The van der Waals surface area contributed by atoms with Crippen LogP contribution in [-0.2, 0) is 6.42 Å². The average Bonchev–Trinajstić information content (AvgIpc) is 2.25. The maximum atomic E-state index is 5.30. The molecule has 0 fully saturated rings. The minimum atomic E-state index is 0.203. The molecule has 0 spiro atoms. The van der Waals surface area contributed by atoms with Crippen LogP contribution in [0.2, 0.25) is 0 Å². The van der Waals surface area contributed by atoms with Crippen LogP contribution in [0.25, 0.3) is 0 Å². The van der Waals surface area contributed by atoms with Gasteiger partial charge in [-0.25, -0.2) is 0 Å². The summed E-state index contributed by atoms with van der Waals surface area (Å²) in [5.41, 5.74) is 10.2. The smallest absolute Gasteiger partial charge is 0.184 e. The van der Waals surface area contributed by atoms with Gasteiger partial charge in [0, 0.05) is 12.1 Å². The lowest BCUT2D eigenvalue weighted by Crippen LogP contribution is -2.25. The summed E-state index contributed by atoms with van der Waals surface area (Å²) in [5, 5.41) is 4.34. The summed E-state index contributed by atoms with van der Waals surface area (Å²) in [6, 6.07) is 10.2. The van der Waals surface area contributed by atoms with Gasteiger partial charge in [-0.3, -0.25) is 5.43 Å². The van der Waals surface area contributed by atoms with Crippen molar-refractivity contribution in [2.45, 2.75) is 19.8 Å². The molecule has 15 heavy (non-hydrogen) atoms. The Morgan fingerprint density at radius 3 is 2.60 bits per heavy atom. The van der Waals surface area contributed by atoms with Gasteiger partial charge in [0.1, 0.15) is 0 Å². The van der Waals surface area contributed by atoms with Crippen LogP contribution in [0.5, 0.6) is 0 Å². The predicted octanol–water partition coefficient (Wildman–Crippen LogP) is 1.83. The van der Waals surface area contributed by atoms with Crippen molar-refractivity contribution in [2.75, 3.05) is 0 Å². The van der Waals surface area contributed by atoms with E-state index in [0.29, 0.717) is 0 Å². The molecule has 3 N–H and O–H groups in total. The average molecular weight is 221 g/mol. The van der Waals surface area contributed by atoms with E-state index in [1.165, 1.54) is 5.56 Å². The predicted molar refractivity (Wildman–Crippen MR) is 67.8 cm³/mol. The van der Waals surface area contributed by atoms with Gasteiger partial charge in [-0.05, 0) is 24.2 Å². The van der Waals surface area contributed by atoms with E-state index in [0.717, 1.165) is 18.6 Å². The number of hydrazone groups is 1. The van der Waals surface area contributed by atoms with Crippen LogP contribution < -0.4 is 11.2 Å². The number of hydrogen-bond acceptors (Lipinski definition) is 2. The molecule has 1 rings (SSSR count). The number of hydrogen-bond donors (Lipinski definition) is 2. The van der Waals surface area contributed by atoms with E-state index >= 15 is 0 Å². The van der Waals surface area contributed by atoms with E-state index < -0.39 is 0 Å². The summed E-state index contributed by atoms with van der Waals surface area (Å²) in [7, 11) is 0. The van der Waals surface area contributed by atoms with Crippen LogP contribution in [-0.4, -0.2) is 10.8 Å². The van der Waals surface area contributed by atoms with Gasteiger partial charge in [0.25, 0.3) is 0 Å². The first-order valence-corrected chi connectivity index (χ1v) is 5.28. The van der Waals surface area contributed by atoms with Gasteiger partial charge in [0.05, 0.1) is 0 Å². The first-order valence-electron chi connectivity index (χ1n) is 4.87. The maximum Gasteiger partial charge on any atom is 0.184 e. The first kappa shape index (κ1) is 11.7. The molecular formula is C11H15N3S. The van der Waals surface area contributed by atoms with Gasteiger partial charge in [0.15, 0.2) is 5.11 Å². The van der Waals surface area contributed by atoms with Gasteiger partial charge in [-0.1, -0.05) is 37.3 Å². The minimum absolute atomic E-state index is 0.203. The number of thiocarbonyl (C=S) groups is 1. The van der Waals surface area contributed by atoms with Crippen molar-refractivity contribution in [3.05, 3.63) is 35.9 Å². The van der Waals surface area contributed by atoms with Gasteiger partial charge < -0.3 is 5.73 Å². The van der Waals surface area contributed by atoms with Crippen LogP contribution in [0.15, 0.2) is 35.4 Å². The Hall–Kier alpha value is -1.42. The van der Waals surface area contributed by atoms with E-state index in [1.54, 1.807) is 0 Å². The highest BCUT2D eigenvalue weighted by Gasteiger charge is 1.98. The highest BCUT2D eigenvalue weighted by molar-refractivity contribution is 7.80. The van der Waals surface area contributed by atoms with E-state index in [2.05, 4.69) is 41.8 Å². The topological polar surface area (TPSA) is 50.4 Å². The van der Waals surface area contributed by atoms with Crippen molar-refractivity contribution in [2.24, 2.45) is 10.8 Å². The van der Waals surface area contributed by atoms with Crippen LogP contribution in [0.3, 0.4) is 0 Å². The Morgan fingerprint density at radius 2 is 2.07 bits per heavy atom. The zero-order chi connectivity index (χ0) is 11.1. The Bertz CT molecular complexity index is 346. The largest absolute Gasteiger partial charge is 0.375 e. The molecule has 0 unspecified atom stereocenters. The molecule has 0 saturated heterocycles. The molecule has 1 aromatic carbocycles. The molecule has 0 heterocycles. The van der Waals surface area contributed by atoms with Crippen LogP contribution in [0, 0.1) is 0 Å². The van der Waals surface area contributed by atoms with Crippen LogP contribution >= 0.6 is 12.2 Å². The normalized spacial score (nSPS) is 11.1. The monoisotopic (exact) mass is 221 g/mol. The lowest BCUT2D eigenvalue weighted by molar-refractivity contribution is 0.992. The SMILES string of the molecule is CC/C(Cc1ccccc1)=N/NC(N)=S. The van der Waals surface area contributed by atoms with Crippen molar-refractivity contribution in [3.63, 3.8) is 0 Å². The fourth-order valence-corrected chi connectivity index (χ4v) is 1.25. The fourth-order valence-electron chi connectivity index (χ4n) is 1.21. The lowest BCUT2D eigenvalue weighted by atomic mass is 10.1. The maximum absolute atomic E-state index is 5.30. The van der Waals surface area contributed by atoms with Crippen molar-refractivity contribution in [1.82, 2.24) is 5.43 Å². The van der Waals surface area contributed by atoms with Crippen molar-refractivity contribution >= 4 is 23.0 Å². The molecule has 0 aliphatic carbocycles. The summed E-state index contributed by atoms with van der Waals surface area (Å²) in [6.45, 7) is 2.06. The number of benzene rings is 1. The second-order valence-corrected chi connectivity index (χ2v) is 3.61. The number of rotatable bonds is 4. The van der Waals surface area contributed by atoms with E-state index in [1.807, 2.05) is 18.2 Å². The quantitative estimate of drug-likeness (QED) is 0.463. The van der Waals surface area contributed by atoms with E-state index in [-0.39, 0.29) is 5.11 Å². The fraction of sp³-hybridized carbons (Fsp3) is 0.273. The Morgan fingerprint density at radius 1 is 1.40 bits per heavy atom. The summed E-state index contributed by atoms with van der Waals surface area (Å²) >= 11 is 4.69. The first-order chi connectivity index (χ1) is 7.22. The summed E-state index contributed by atoms with van der Waals surface area (Å²) in [5.74, 6) is 0. The minimum Gasteiger partial charge on any atom is -0.375 e. The van der Waals surface area contributed by atoms with Gasteiger partial charge >= 0.3 is 0 Å². The third-order valence-corrected chi connectivity index (χ3v) is 2.07. The molecule has 1 aromatic rings. The Balaban J connectivity index is 2.61. The number of nitrogens with zero attached hydrogens (tertiary/aromatic N) is 1. The molecule has 0 aromatic heterocycles. The zero-order valence-electron chi connectivity index (χ0n) is 8.73. The molecule has 0 radical (unpaired) electrons. The van der Waals surface area contributed by atoms with Crippen molar-refractivity contribution in [1.29, 1.82) is 0 Å². The molecule has 0 amide bonds. The van der Waals surface area contributed by atoms with Gasteiger partial charge in [0.2, 0.25) is 0 Å². The third-order valence-electron chi connectivity index (χ3n) is 1.98. The summed E-state index contributed by atoms with van der Waals surface area (Å²) < 4.78 is 0.